The van der Waals surface area contributed by atoms with Crippen molar-refractivity contribution in [2.24, 2.45) is 5.73 Å². The molecular formula is C64H126NO8P. The van der Waals surface area contributed by atoms with Crippen LogP contribution in [-0.2, 0) is 32.7 Å². The summed E-state index contributed by atoms with van der Waals surface area (Å²) in [6.45, 7) is 3.83. The summed E-state index contributed by atoms with van der Waals surface area (Å²) in [5, 5.41) is 0. The summed E-state index contributed by atoms with van der Waals surface area (Å²) in [6.07, 6.45) is 71.5. The van der Waals surface area contributed by atoms with E-state index >= 15 is 0 Å². The third kappa shape index (κ3) is 60.0. The van der Waals surface area contributed by atoms with Crippen molar-refractivity contribution in [3.05, 3.63) is 12.2 Å². The van der Waals surface area contributed by atoms with Crippen molar-refractivity contribution < 1.29 is 37.6 Å². The molecule has 2 atom stereocenters. The van der Waals surface area contributed by atoms with E-state index in [1.807, 2.05) is 0 Å². The highest BCUT2D eigenvalue weighted by molar-refractivity contribution is 7.47. The fourth-order valence-electron chi connectivity index (χ4n) is 10.0. The van der Waals surface area contributed by atoms with Crippen molar-refractivity contribution in [3.8, 4) is 0 Å². The maximum atomic E-state index is 12.7. The van der Waals surface area contributed by atoms with Gasteiger partial charge in [0.15, 0.2) is 6.10 Å². The number of unbranched alkanes of at least 4 members (excludes halogenated alkanes) is 48. The van der Waals surface area contributed by atoms with Crippen LogP contribution in [0, 0.1) is 0 Å². The molecule has 0 aromatic rings. The molecule has 0 aromatic carbocycles. The summed E-state index contributed by atoms with van der Waals surface area (Å²) in [5.74, 6) is -0.802. The van der Waals surface area contributed by atoms with Crippen LogP contribution in [0.15, 0.2) is 12.2 Å². The van der Waals surface area contributed by atoms with Crippen LogP contribution in [-0.4, -0.2) is 49.3 Å². The molecule has 9 nitrogen and oxygen atoms in total. The summed E-state index contributed by atoms with van der Waals surface area (Å²) in [5.41, 5.74) is 5.39. The van der Waals surface area contributed by atoms with Crippen LogP contribution < -0.4 is 5.73 Å². The van der Waals surface area contributed by atoms with Crippen molar-refractivity contribution in [3.63, 3.8) is 0 Å². The van der Waals surface area contributed by atoms with E-state index in [0.717, 1.165) is 32.1 Å². The second-order valence-corrected chi connectivity index (χ2v) is 23.8. The molecule has 74 heavy (non-hydrogen) atoms. The zero-order valence-electron chi connectivity index (χ0n) is 49.4. The number of hydrogen-bond donors (Lipinski definition) is 2. The molecule has 0 aliphatic rings. The van der Waals surface area contributed by atoms with E-state index < -0.39 is 26.5 Å². The highest BCUT2D eigenvalue weighted by Crippen LogP contribution is 2.43. The Morgan fingerprint density at radius 3 is 0.959 bits per heavy atom. The lowest BCUT2D eigenvalue weighted by molar-refractivity contribution is -0.161. The van der Waals surface area contributed by atoms with Crippen LogP contribution in [0.25, 0.3) is 0 Å². The number of rotatable bonds is 63. The first-order chi connectivity index (χ1) is 36.3. The number of allylic oxidation sites excluding steroid dienone is 2. The van der Waals surface area contributed by atoms with Crippen LogP contribution in [0.4, 0.5) is 0 Å². The lowest BCUT2D eigenvalue weighted by Gasteiger charge is -2.19. The molecule has 2 unspecified atom stereocenters. The first kappa shape index (κ1) is 72.8. The Morgan fingerprint density at radius 1 is 0.392 bits per heavy atom. The van der Waals surface area contributed by atoms with Crippen molar-refractivity contribution in [2.45, 2.75) is 360 Å². The van der Waals surface area contributed by atoms with Crippen molar-refractivity contribution in [2.75, 3.05) is 26.4 Å². The second-order valence-electron chi connectivity index (χ2n) is 22.3. The first-order valence-electron chi connectivity index (χ1n) is 32.7. The number of esters is 2. The Balaban J connectivity index is 3.83. The smallest absolute Gasteiger partial charge is 0.462 e. The van der Waals surface area contributed by atoms with Gasteiger partial charge in [-0.25, -0.2) is 4.57 Å². The molecule has 0 amide bonds. The quantitative estimate of drug-likeness (QED) is 0.0264. The van der Waals surface area contributed by atoms with Gasteiger partial charge < -0.3 is 20.1 Å². The zero-order chi connectivity index (χ0) is 53.8. The minimum absolute atomic E-state index is 0.0577. The van der Waals surface area contributed by atoms with E-state index in [4.69, 9.17) is 24.3 Å². The molecule has 0 rings (SSSR count). The molecule has 0 bridgehead atoms. The van der Waals surface area contributed by atoms with E-state index in [9.17, 15) is 19.0 Å². The molecule has 0 aliphatic heterocycles. The lowest BCUT2D eigenvalue weighted by Crippen LogP contribution is -2.29. The van der Waals surface area contributed by atoms with Crippen LogP contribution in [0.2, 0.25) is 0 Å². The number of carbonyl (C=O) groups excluding carboxylic acids is 2. The number of hydrogen-bond acceptors (Lipinski definition) is 8. The maximum Gasteiger partial charge on any atom is 0.472 e. The molecule has 0 heterocycles. The number of carbonyl (C=O) groups is 2. The van der Waals surface area contributed by atoms with Gasteiger partial charge in [0, 0.05) is 19.4 Å². The summed E-state index contributed by atoms with van der Waals surface area (Å²) in [7, 11) is -4.38. The molecule has 0 saturated heterocycles. The van der Waals surface area contributed by atoms with Gasteiger partial charge in [-0.05, 0) is 38.5 Å². The third-order valence-corrected chi connectivity index (χ3v) is 15.9. The minimum Gasteiger partial charge on any atom is -0.462 e. The Bertz CT molecular complexity index is 1220. The Morgan fingerprint density at radius 2 is 0.662 bits per heavy atom. The van der Waals surface area contributed by atoms with Gasteiger partial charge in [-0.3, -0.25) is 18.6 Å². The lowest BCUT2D eigenvalue weighted by atomic mass is 10.0. The predicted molar refractivity (Wildman–Crippen MR) is 317 cm³/mol. The molecule has 0 fully saturated rings. The summed E-state index contributed by atoms with van der Waals surface area (Å²) in [4.78, 5) is 35.3. The van der Waals surface area contributed by atoms with E-state index in [1.54, 1.807) is 0 Å². The summed E-state index contributed by atoms with van der Waals surface area (Å²) >= 11 is 0. The monoisotopic (exact) mass is 1070 g/mol. The molecule has 0 radical (unpaired) electrons. The number of phosphoric acid groups is 1. The van der Waals surface area contributed by atoms with Gasteiger partial charge in [-0.1, -0.05) is 315 Å². The highest BCUT2D eigenvalue weighted by Gasteiger charge is 2.26. The minimum atomic E-state index is -4.38. The van der Waals surface area contributed by atoms with E-state index in [1.165, 1.54) is 289 Å². The van der Waals surface area contributed by atoms with Gasteiger partial charge in [-0.15, -0.1) is 0 Å². The van der Waals surface area contributed by atoms with Crippen molar-refractivity contribution >= 4 is 19.8 Å². The molecule has 0 aromatic heterocycles. The zero-order valence-corrected chi connectivity index (χ0v) is 50.3. The molecule has 10 heteroatoms. The van der Waals surface area contributed by atoms with Crippen molar-refractivity contribution in [1.82, 2.24) is 0 Å². The molecular weight excluding hydrogens is 942 g/mol. The fraction of sp³-hybridized carbons (Fsp3) is 0.938. The highest BCUT2D eigenvalue weighted by atomic mass is 31.2. The number of nitrogens with two attached hydrogens (primary N) is 1. The Labute approximate surface area is 460 Å². The third-order valence-electron chi connectivity index (χ3n) is 14.9. The van der Waals surface area contributed by atoms with Crippen molar-refractivity contribution in [1.29, 1.82) is 0 Å². The van der Waals surface area contributed by atoms with Gasteiger partial charge in [0.2, 0.25) is 0 Å². The molecule has 0 saturated carbocycles. The van der Waals surface area contributed by atoms with Gasteiger partial charge in [0.05, 0.1) is 13.2 Å². The molecule has 0 spiro atoms. The van der Waals surface area contributed by atoms with Gasteiger partial charge in [0.1, 0.15) is 6.61 Å². The summed E-state index contributed by atoms with van der Waals surface area (Å²) < 4.78 is 33.1. The van der Waals surface area contributed by atoms with Gasteiger partial charge in [-0.2, -0.15) is 0 Å². The van der Waals surface area contributed by atoms with Gasteiger partial charge >= 0.3 is 19.8 Å². The van der Waals surface area contributed by atoms with Crippen LogP contribution in [0.1, 0.15) is 354 Å². The van der Waals surface area contributed by atoms with E-state index in [-0.39, 0.29) is 38.6 Å². The molecule has 440 valence electrons. The van der Waals surface area contributed by atoms with E-state index in [0.29, 0.717) is 6.42 Å². The van der Waals surface area contributed by atoms with Gasteiger partial charge in [0.25, 0.3) is 0 Å². The first-order valence-corrected chi connectivity index (χ1v) is 34.2. The Kier molecular flexibility index (Phi) is 59.9. The average molecular weight is 1070 g/mol. The Hall–Kier alpha value is -1.25. The number of phosphoric ester groups is 1. The van der Waals surface area contributed by atoms with Crippen LogP contribution >= 0.6 is 7.82 Å². The van der Waals surface area contributed by atoms with Crippen LogP contribution in [0.3, 0.4) is 0 Å². The molecule has 0 aliphatic carbocycles. The topological polar surface area (TPSA) is 134 Å². The predicted octanol–water partition coefficient (Wildman–Crippen LogP) is 20.8. The molecule has 3 N–H and O–H groups in total. The SMILES string of the molecule is CCCCCCCCCC/C=C\CCCCCCCCCCCCCCCCCCCCCC(=O)OC(COC(=O)CCCCCCCCCCCCCCCCCCCCCCCC)COP(=O)(O)OCCN. The normalized spacial score (nSPS) is 13.0. The number of ether oxygens (including phenoxy) is 2. The standard InChI is InChI=1S/C64H126NO8P/c1-3-5-7-9-11-13-15-17-19-21-23-25-27-28-29-30-31-32-33-34-35-37-39-41-43-45-47-49-51-53-55-57-64(67)73-62(61-72-74(68,69)71-59-58-65)60-70-63(66)56-54-52-50-48-46-44-42-40-38-36-26-24-22-20-18-16-14-12-10-8-6-4-2/h21,23,62H,3-20,22,24-61,65H2,1-2H3,(H,68,69)/b23-21-. The maximum absolute atomic E-state index is 12.7. The fourth-order valence-corrected chi connectivity index (χ4v) is 10.8. The largest absolute Gasteiger partial charge is 0.472 e. The van der Waals surface area contributed by atoms with Crippen LogP contribution in [0.5, 0.6) is 0 Å². The summed E-state index contributed by atoms with van der Waals surface area (Å²) in [6, 6.07) is 0. The van der Waals surface area contributed by atoms with E-state index in [2.05, 4.69) is 26.0 Å². The second kappa shape index (κ2) is 61.0. The average Bonchev–Trinajstić information content (AvgIpc) is 3.39.